The summed E-state index contributed by atoms with van der Waals surface area (Å²) in [5, 5.41) is 16.3. The molecule has 2 aromatic heterocycles. The molecule has 0 unspecified atom stereocenters. The number of anilines is 1. The van der Waals surface area contributed by atoms with E-state index in [9.17, 15) is 22.7 Å². The van der Waals surface area contributed by atoms with Gasteiger partial charge in [0, 0.05) is 12.1 Å². The minimum atomic E-state index is -4.06. The molecule has 2 aromatic carbocycles. The molecule has 1 N–H and O–H groups in total. The van der Waals surface area contributed by atoms with Crippen molar-refractivity contribution in [3.05, 3.63) is 69.8 Å². The minimum Gasteiger partial charge on any atom is -0.530 e. The number of carboxylic acid groups (broad SMARTS) is 1. The molecule has 0 aliphatic rings. The van der Waals surface area contributed by atoms with Gasteiger partial charge in [-0.25, -0.2) is 12.8 Å². The zero-order valence-electron chi connectivity index (χ0n) is 21.0. The largest absolute Gasteiger partial charge is 0.530 e. The van der Waals surface area contributed by atoms with Crippen molar-refractivity contribution in [1.29, 1.82) is 0 Å². The highest BCUT2D eigenvalue weighted by atomic mass is 35.5. The first-order chi connectivity index (χ1) is 17.8. The van der Waals surface area contributed by atoms with Crippen molar-refractivity contribution in [2.45, 2.75) is 43.6 Å². The third-order valence-corrected chi connectivity index (χ3v) is 8.83. The van der Waals surface area contributed by atoms with Crippen LogP contribution in [0.3, 0.4) is 0 Å². The molecule has 202 valence electrons. The molecule has 2 heterocycles. The summed E-state index contributed by atoms with van der Waals surface area (Å²) < 4.78 is 50.1. The molecule has 0 radical (unpaired) electrons. The summed E-state index contributed by atoms with van der Waals surface area (Å²) in [5.74, 6) is -0.933. The maximum atomic E-state index is 14.6. The predicted molar refractivity (Wildman–Crippen MR) is 143 cm³/mol. The number of aromatic nitrogens is 2. The first kappa shape index (κ1) is 27.7. The lowest BCUT2D eigenvalue weighted by Gasteiger charge is -2.38. The highest BCUT2D eigenvalue weighted by molar-refractivity contribution is 7.94. The number of fused-ring (bicyclic) bond motifs is 1. The molecular weight excluding hydrogens is 555 g/mol. The van der Waals surface area contributed by atoms with Gasteiger partial charge in [-0.15, -0.1) is 11.3 Å². The number of thiophene rings is 1. The first-order valence-corrected chi connectivity index (χ1v) is 14.1. The molecule has 13 heteroatoms. The van der Waals surface area contributed by atoms with E-state index in [1.807, 2.05) is 12.1 Å². The lowest BCUT2D eigenvalue weighted by molar-refractivity contribution is -0.271. The van der Waals surface area contributed by atoms with Crippen LogP contribution < -0.4 is 14.6 Å². The van der Waals surface area contributed by atoms with Crippen molar-refractivity contribution in [2.75, 3.05) is 11.8 Å². The lowest BCUT2D eigenvalue weighted by Crippen LogP contribution is -2.50. The van der Waals surface area contributed by atoms with Gasteiger partial charge in [0.05, 0.1) is 28.9 Å². The first-order valence-electron chi connectivity index (χ1n) is 11.4. The highest BCUT2D eigenvalue weighted by Crippen LogP contribution is 2.36. The van der Waals surface area contributed by atoms with Gasteiger partial charge < -0.3 is 19.5 Å². The molecule has 4 rings (SSSR count). The predicted octanol–water partition coefficient (Wildman–Crippen LogP) is 4.69. The number of halogens is 2. The number of ether oxygens (including phenoxy) is 1. The van der Waals surface area contributed by atoms with Crippen LogP contribution in [0.25, 0.3) is 10.9 Å². The van der Waals surface area contributed by atoms with E-state index in [0.29, 0.717) is 9.85 Å². The molecule has 0 saturated carbocycles. The number of hydrogen-bond acceptors (Lipinski definition) is 7. The van der Waals surface area contributed by atoms with Crippen LogP contribution in [-0.4, -0.2) is 41.8 Å². The lowest BCUT2D eigenvalue weighted by atomic mass is 10.0. The molecule has 0 spiro atoms. The van der Waals surface area contributed by atoms with Gasteiger partial charge in [0.15, 0.2) is 17.4 Å². The van der Waals surface area contributed by atoms with E-state index < -0.39 is 27.5 Å². The fraction of sp³-hybridized carbons (Fsp3) is 0.280. The summed E-state index contributed by atoms with van der Waals surface area (Å²) >= 11 is 6.79. The summed E-state index contributed by atoms with van der Waals surface area (Å²) in [6.45, 7) is 5.64. The summed E-state index contributed by atoms with van der Waals surface area (Å²) in [6, 6.07) is 12.8. The third kappa shape index (κ3) is 5.71. The summed E-state index contributed by atoms with van der Waals surface area (Å²) in [7, 11) is -2.77. The summed E-state index contributed by atoms with van der Waals surface area (Å²) in [5.41, 5.74) is 1.27. The Morgan fingerprint density at radius 3 is 2.53 bits per heavy atom. The number of nitrogens with one attached hydrogen (secondary N) is 1. The van der Waals surface area contributed by atoms with Gasteiger partial charge in [0.2, 0.25) is 0 Å². The van der Waals surface area contributed by atoms with Crippen molar-refractivity contribution in [1.82, 2.24) is 14.7 Å². The Kier molecular flexibility index (Phi) is 7.60. The normalized spacial score (nSPS) is 12.1. The maximum absolute atomic E-state index is 14.6. The molecule has 1 amide bonds. The van der Waals surface area contributed by atoms with Crippen molar-refractivity contribution in [2.24, 2.45) is 0 Å². The van der Waals surface area contributed by atoms with Gasteiger partial charge in [-0.2, -0.15) is 5.10 Å². The Labute approximate surface area is 228 Å². The van der Waals surface area contributed by atoms with Crippen LogP contribution in [0.2, 0.25) is 4.34 Å². The second-order valence-corrected chi connectivity index (χ2v) is 13.1. The Morgan fingerprint density at radius 1 is 1.21 bits per heavy atom. The monoisotopic (exact) mass is 579 g/mol. The summed E-state index contributed by atoms with van der Waals surface area (Å²) in [4.78, 5) is 12.9. The van der Waals surface area contributed by atoms with Crippen LogP contribution in [0.1, 0.15) is 31.9 Å². The van der Waals surface area contributed by atoms with Crippen molar-refractivity contribution >= 4 is 55.8 Å². The average Bonchev–Trinajstić information content (AvgIpc) is 3.41. The molecule has 0 bridgehead atoms. The standard InChI is InChI=1S/C25H26ClFN4O5S2/c1-25(2,3)30(24(32)33)13-15-6-5-7-16(12-15)14-31-18-9-8-17(27)22(36-4)21(18)23(28-31)29-38(34,35)20-11-10-19(26)37-20/h5-12H,13-14H2,1-4H3,(H,28,29)(H,32,33)/p-1. The molecule has 0 aliphatic heterocycles. The van der Waals surface area contributed by atoms with E-state index in [1.165, 1.54) is 41.0 Å². The molecule has 0 aliphatic carbocycles. The molecule has 9 nitrogen and oxygen atoms in total. The van der Waals surface area contributed by atoms with Crippen molar-refractivity contribution in [3.63, 3.8) is 0 Å². The van der Waals surface area contributed by atoms with Crippen molar-refractivity contribution < 1.29 is 27.4 Å². The number of amides is 1. The van der Waals surface area contributed by atoms with Crippen LogP contribution in [0, 0.1) is 5.82 Å². The van der Waals surface area contributed by atoms with Gasteiger partial charge in [-0.05, 0) is 56.2 Å². The van der Waals surface area contributed by atoms with E-state index >= 15 is 0 Å². The van der Waals surface area contributed by atoms with Gasteiger partial charge in [0.1, 0.15) is 10.3 Å². The second-order valence-electron chi connectivity index (χ2n) is 9.49. The number of methoxy groups -OCH3 is 1. The Bertz CT molecular complexity index is 1610. The maximum Gasteiger partial charge on any atom is 0.272 e. The SMILES string of the molecule is COc1c(F)ccc2c1c(NS(=O)(=O)c1ccc(Cl)s1)nn2Cc1cccc(CN(C(=O)[O-])C(C)(C)C)c1. The zero-order chi connectivity index (χ0) is 27.8. The number of rotatable bonds is 8. The minimum absolute atomic E-state index is 0.0235. The average molecular weight is 580 g/mol. The smallest absolute Gasteiger partial charge is 0.272 e. The highest BCUT2D eigenvalue weighted by Gasteiger charge is 2.25. The molecule has 0 saturated heterocycles. The van der Waals surface area contributed by atoms with Gasteiger partial charge in [-0.1, -0.05) is 35.9 Å². The Hall–Kier alpha value is -3.35. The number of carbonyl (C=O) groups is 1. The van der Waals surface area contributed by atoms with E-state index in [4.69, 9.17) is 16.3 Å². The number of nitrogens with zero attached hydrogens (tertiary/aromatic N) is 3. The van der Waals surface area contributed by atoms with Gasteiger partial charge in [-0.3, -0.25) is 9.40 Å². The van der Waals surface area contributed by atoms with E-state index in [0.717, 1.165) is 22.5 Å². The topological polar surface area (TPSA) is 117 Å². The Balaban J connectivity index is 1.74. The third-order valence-electron chi connectivity index (χ3n) is 5.77. The van der Waals surface area contributed by atoms with Crippen LogP contribution in [0.4, 0.5) is 15.0 Å². The second kappa shape index (κ2) is 10.4. The van der Waals surface area contributed by atoms with Crippen LogP contribution >= 0.6 is 22.9 Å². The summed E-state index contributed by atoms with van der Waals surface area (Å²) in [6.07, 6.45) is -1.28. The fourth-order valence-electron chi connectivity index (χ4n) is 3.98. The quantitative estimate of drug-likeness (QED) is 0.324. The zero-order valence-corrected chi connectivity index (χ0v) is 23.4. The van der Waals surface area contributed by atoms with E-state index in [2.05, 4.69) is 9.82 Å². The van der Waals surface area contributed by atoms with E-state index in [-0.39, 0.29) is 34.3 Å². The molecule has 38 heavy (non-hydrogen) atoms. The van der Waals surface area contributed by atoms with E-state index in [1.54, 1.807) is 32.9 Å². The number of carbonyl (C=O) groups excluding carboxylic acids is 1. The van der Waals surface area contributed by atoms with Crippen LogP contribution in [-0.2, 0) is 23.1 Å². The van der Waals surface area contributed by atoms with Crippen molar-refractivity contribution in [3.8, 4) is 5.75 Å². The number of sulfonamides is 1. The molecule has 0 fully saturated rings. The number of hydrogen-bond donors (Lipinski definition) is 1. The van der Waals surface area contributed by atoms with Gasteiger partial charge >= 0.3 is 0 Å². The molecular formula is C25H25ClFN4O5S2-. The molecule has 0 atom stereocenters. The molecule has 4 aromatic rings. The number of benzene rings is 2. The fourth-order valence-corrected chi connectivity index (χ4v) is 6.48. The van der Waals surface area contributed by atoms with Gasteiger partial charge in [0.25, 0.3) is 10.0 Å². The van der Waals surface area contributed by atoms with Crippen LogP contribution in [0.15, 0.2) is 52.7 Å². The van der Waals surface area contributed by atoms with Crippen LogP contribution in [0.5, 0.6) is 5.75 Å². The Morgan fingerprint density at radius 2 is 1.92 bits per heavy atom.